The first kappa shape index (κ1) is 17.0. The maximum Gasteiger partial charge on any atom is 0.279 e. The highest BCUT2D eigenvalue weighted by atomic mass is 16.5. The van der Waals surface area contributed by atoms with Gasteiger partial charge in [0, 0.05) is 5.92 Å². The number of nitrogens with one attached hydrogen (secondary N) is 2. The fourth-order valence-electron chi connectivity index (χ4n) is 2.86. The zero-order chi connectivity index (χ0) is 17.6. The first-order chi connectivity index (χ1) is 12.1. The van der Waals surface area contributed by atoms with Gasteiger partial charge in [0.25, 0.3) is 5.91 Å². The Morgan fingerprint density at radius 1 is 1.08 bits per heavy atom. The fraction of sp³-hybridized carbons (Fsp3) is 0.300. The number of hydrazine groups is 1. The van der Waals surface area contributed by atoms with Crippen LogP contribution >= 0.6 is 0 Å². The van der Waals surface area contributed by atoms with Gasteiger partial charge in [-0.25, -0.2) is 0 Å². The number of fused-ring (bicyclic) bond motifs is 1. The summed E-state index contributed by atoms with van der Waals surface area (Å²) in [5, 5.41) is 2.16. The van der Waals surface area contributed by atoms with Gasteiger partial charge >= 0.3 is 0 Å². The Hall–Kier alpha value is -2.82. The van der Waals surface area contributed by atoms with E-state index in [1.54, 1.807) is 6.92 Å². The van der Waals surface area contributed by atoms with Crippen molar-refractivity contribution in [1.29, 1.82) is 0 Å². The lowest BCUT2D eigenvalue weighted by atomic mass is 9.94. The molecule has 1 aliphatic carbocycles. The molecule has 0 aromatic heterocycles. The third-order valence-electron chi connectivity index (χ3n) is 4.35. The molecule has 0 radical (unpaired) electrons. The van der Waals surface area contributed by atoms with E-state index in [-0.39, 0.29) is 17.7 Å². The Bertz CT molecular complexity index is 800. The lowest BCUT2D eigenvalue weighted by Gasteiger charge is -2.19. The van der Waals surface area contributed by atoms with Crippen LogP contribution in [0.3, 0.4) is 0 Å². The summed E-state index contributed by atoms with van der Waals surface area (Å²) in [6.45, 7) is 1.65. The number of hydrogen-bond donors (Lipinski definition) is 2. The van der Waals surface area contributed by atoms with Crippen LogP contribution in [0, 0.1) is 5.92 Å². The largest absolute Gasteiger partial charge is 0.481 e. The number of rotatable bonds is 4. The Morgan fingerprint density at radius 3 is 2.64 bits per heavy atom. The van der Waals surface area contributed by atoms with Crippen molar-refractivity contribution in [2.45, 2.75) is 32.3 Å². The van der Waals surface area contributed by atoms with E-state index in [2.05, 4.69) is 16.9 Å². The molecule has 2 aromatic rings. The molecule has 0 aliphatic heterocycles. The zero-order valence-corrected chi connectivity index (χ0v) is 14.2. The minimum Gasteiger partial charge on any atom is -0.481 e. The Balaban J connectivity index is 1.52. The van der Waals surface area contributed by atoms with Gasteiger partial charge in [0.1, 0.15) is 5.75 Å². The van der Waals surface area contributed by atoms with Crippen molar-refractivity contribution in [1.82, 2.24) is 10.9 Å². The highest BCUT2D eigenvalue weighted by molar-refractivity contribution is 5.86. The summed E-state index contributed by atoms with van der Waals surface area (Å²) in [6, 6.07) is 13.6. The van der Waals surface area contributed by atoms with Crippen LogP contribution < -0.4 is 15.6 Å². The minimum absolute atomic E-state index is 0.0815. The number of carbonyl (C=O) groups excluding carboxylic acids is 2. The summed E-state index contributed by atoms with van der Waals surface area (Å²) < 4.78 is 5.69. The SMILES string of the molecule is C[C@@H](Oc1ccc2ccccc2c1)C(=O)NNC(=O)[C@@H]1CC=CCC1. The van der Waals surface area contributed by atoms with E-state index in [9.17, 15) is 9.59 Å². The first-order valence-electron chi connectivity index (χ1n) is 8.53. The molecule has 25 heavy (non-hydrogen) atoms. The molecular formula is C20H22N2O3. The molecule has 0 spiro atoms. The number of carbonyl (C=O) groups is 2. The molecule has 2 aromatic carbocycles. The molecule has 3 rings (SSSR count). The molecule has 0 unspecified atom stereocenters. The Kier molecular flexibility index (Phi) is 5.33. The van der Waals surface area contributed by atoms with Gasteiger partial charge < -0.3 is 4.74 Å². The fourth-order valence-corrected chi connectivity index (χ4v) is 2.86. The Labute approximate surface area is 147 Å². The maximum atomic E-state index is 12.1. The van der Waals surface area contributed by atoms with Crippen LogP contribution in [0.1, 0.15) is 26.2 Å². The van der Waals surface area contributed by atoms with Crippen LogP contribution in [0.2, 0.25) is 0 Å². The van der Waals surface area contributed by atoms with Crippen LogP contribution in [0.4, 0.5) is 0 Å². The van der Waals surface area contributed by atoms with Gasteiger partial charge in [0.15, 0.2) is 6.10 Å². The monoisotopic (exact) mass is 338 g/mol. The molecule has 0 heterocycles. The average Bonchev–Trinajstić information content (AvgIpc) is 2.66. The molecule has 0 bridgehead atoms. The third kappa shape index (κ3) is 4.38. The molecule has 2 atom stereocenters. The van der Waals surface area contributed by atoms with E-state index in [1.165, 1.54) is 0 Å². The zero-order valence-electron chi connectivity index (χ0n) is 14.2. The normalized spacial score (nSPS) is 17.7. The minimum atomic E-state index is -0.715. The van der Waals surface area contributed by atoms with Crippen LogP contribution in [-0.4, -0.2) is 17.9 Å². The quantitative estimate of drug-likeness (QED) is 0.665. The second-order valence-corrected chi connectivity index (χ2v) is 6.23. The molecular weight excluding hydrogens is 316 g/mol. The molecule has 1 aliphatic rings. The predicted molar refractivity (Wildman–Crippen MR) is 96.8 cm³/mol. The van der Waals surface area contributed by atoms with Crippen LogP contribution in [-0.2, 0) is 9.59 Å². The van der Waals surface area contributed by atoms with Crippen molar-refractivity contribution < 1.29 is 14.3 Å². The van der Waals surface area contributed by atoms with Gasteiger partial charge in [-0.3, -0.25) is 20.4 Å². The van der Waals surface area contributed by atoms with E-state index >= 15 is 0 Å². The van der Waals surface area contributed by atoms with Gasteiger partial charge in [-0.2, -0.15) is 0 Å². The smallest absolute Gasteiger partial charge is 0.279 e. The van der Waals surface area contributed by atoms with Gasteiger partial charge in [-0.05, 0) is 49.1 Å². The van der Waals surface area contributed by atoms with E-state index in [0.29, 0.717) is 12.2 Å². The lowest BCUT2D eigenvalue weighted by Crippen LogP contribution is -2.49. The molecule has 0 saturated carbocycles. The second kappa shape index (κ2) is 7.83. The topological polar surface area (TPSA) is 67.4 Å². The van der Waals surface area contributed by atoms with Crippen molar-refractivity contribution in [3.63, 3.8) is 0 Å². The predicted octanol–water partition coefficient (Wildman–Crippen LogP) is 3.11. The van der Waals surface area contributed by atoms with Crippen LogP contribution in [0.25, 0.3) is 10.8 Å². The van der Waals surface area contributed by atoms with Crippen molar-refractivity contribution in [3.05, 3.63) is 54.6 Å². The second-order valence-electron chi connectivity index (χ2n) is 6.23. The molecule has 5 heteroatoms. The van der Waals surface area contributed by atoms with Gasteiger partial charge in [0.2, 0.25) is 5.91 Å². The van der Waals surface area contributed by atoms with Crippen molar-refractivity contribution in [2.24, 2.45) is 5.92 Å². The summed E-state index contributed by atoms with van der Waals surface area (Å²) in [7, 11) is 0. The van der Waals surface area contributed by atoms with Gasteiger partial charge in [0.05, 0.1) is 0 Å². The van der Waals surface area contributed by atoms with Gasteiger partial charge in [-0.1, -0.05) is 42.5 Å². The number of allylic oxidation sites excluding steroid dienone is 2. The highest BCUT2D eigenvalue weighted by Gasteiger charge is 2.21. The molecule has 0 fully saturated rings. The first-order valence-corrected chi connectivity index (χ1v) is 8.53. The summed E-state index contributed by atoms with van der Waals surface area (Å²) >= 11 is 0. The summed E-state index contributed by atoms with van der Waals surface area (Å²) in [4.78, 5) is 24.2. The molecule has 5 nitrogen and oxygen atoms in total. The van der Waals surface area contributed by atoms with Crippen LogP contribution in [0.15, 0.2) is 54.6 Å². The van der Waals surface area contributed by atoms with E-state index in [1.807, 2.05) is 48.5 Å². The molecule has 0 saturated heterocycles. The lowest BCUT2D eigenvalue weighted by molar-refractivity contribution is -0.134. The number of amides is 2. The Morgan fingerprint density at radius 2 is 1.88 bits per heavy atom. The molecule has 130 valence electrons. The summed E-state index contributed by atoms with van der Waals surface area (Å²) in [5.74, 6) is -0.00410. The molecule has 2 N–H and O–H groups in total. The third-order valence-corrected chi connectivity index (χ3v) is 4.35. The van der Waals surface area contributed by atoms with E-state index in [0.717, 1.165) is 23.6 Å². The molecule has 2 amide bonds. The van der Waals surface area contributed by atoms with Gasteiger partial charge in [-0.15, -0.1) is 0 Å². The van der Waals surface area contributed by atoms with Crippen molar-refractivity contribution in [3.8, 4) is 5.75 Å². The number of hydrogen-bond acceptors (Lipinski definition) is 3. The van der Waals surface area contributed by atoms with E-state index in [4.69, 9.17) is 4.74 Å². The number of benzene rings is 2. The summed E-state index contributed by atoms with van der Waals surface area (Å²) in [6.07, 6.45) is 5.77. The standard InChI is InChI=1S/C20H22N2O3/c1-14(19(23)21-22-20(24)16-8-3-2-4-9-16)25-18-12-11-15-7-5-6-10-17(15)13-18/h2-3,5-7,10-14,16H,4,8-9H2,1H3,(H,21,23)(H,22,24)/t14-,16-/m1/s1. The van der Waals surface area contributed by atoms with Crippen molar-refractivity contribution in [2.75, 3.05) is 0 Å². The average molecular weight is 338 g/mol. The summed E-state index contributed by atoms with van der Waals surface area (Å²) in [5.41, 5.74) is 4.95. The van der Waals surface area contributed by atoms with Crippen molar-refractivity contribution >= 4 is 22.6 Å². The van der Waals surface area contributed by atoms with E-state index < -0.39 is 6.10 Å². The number of ether oxygens (including phenoxy) is 1. The highest BCUT2D eigenvalue weighted by Crippen LogP contribution is 2.21. The van der Waals surface area contributed by atoms with Crippen LogP contribution in [0.5, 0.6) is 5.75 Å². The maximum absolute atomic E-state index is 12.1.